The standard InChI is InChI=1S/C13H16N2.C12H16O2.C5H10/c1-4-5-11(3)15-13-7-6-12(9-14)8-10(13)2;1-3-10(13)8-12(14)11-7-5-4-6-9(11)2;1-5-3-2-4-5/h6-8H,4-5H2,1-3H3;4-7,12,14H,3,8H2,1-2H3;5H,2-4H2,1H3. The first-order valence-corrected chi connectivity index (χ1v) is 12.5. The predicted octanol–water partition coefficient (Wildman–Crippen LogP) is 7.96. The van der Waals surface area contributed by atoms with Crippen LogP contribution in [-0.2, 0) is 4.79 Å². The molecule has 0 aliphatic heterocycles. The summed E-state index contributed by atoms with van der Waals surface area (Å²) in [5, 5.41) is 18.5. The molecule has 1 atom stereocenters. The van der Waals surface area contributed by atoms with Gasteiger partial charge in [-0.05, 0) is 68.0 Å². The molecule has 1 fully saturated rings. The van der Waals surface area contributed by atoms with Gasteiger partial charge in [-0.1, -0.05) is 70.7 Å². The number of benzene rings is 2. The number of Topliss-reactive ketones (excluding diaryl/α,β-unsaturated/α-hetero) is 1. The van der Waals surface area contributed by atoms with E-state index in [2.05, 4.69) is 24.9 Å². The summed E-state index contributed by atoms with van der Waals surface area (Å²) in [6.45, 7) is 12.2. The van der Waals surface area contributed by atoms with E-state index in [9.17, 15) is 9.90 Å². The molecule has 34 heavy (non-hydrogen) atoms. The summed E-state index contributed by atoms with van der Waals surface area (Å²) in [5.41, 5.74) is 5.76. The maximum absolute atomic E-state index is 11.1. The van der Waals surface area contributed by atoms with Crippen LogP contribution in [0.5, 0.6) is 0 Å². The second-order valence-electron chi connectivity index (χ2n) is 9.21. The molecule has 0 saturated heterocycles. The number of aliphatic hydroxyl groups excluding tert-OH is 1. The van der Waals surface area contributed by atoms with Crippen molar-refractivity contribution >= 4 is 17.2 Å². The molecule has 0 amide bonds. The lowest BCUT2D eigenvalue weighted by Crippen LogP contribution is -2.06. The van der Waals surface area contributed by atoms with Crippen LogP contribution < -0.4 is 0 Å². The van der Waals surface area contributed by atoms with Gasteiger partial charge in [0.15, 0.2) is 0 Å². The SMILES string of the molecule is CC1CCC1.CCC(=O)CC(O)c1ccccc1C.CCCC(C)=Nc1ccc(C#N)cc1C. The molecular formula is C30H42N2O2. The van der Waals surface area contributed by atoms with Gasteiger partial charge in [0.25, 0.3) is 0 Å². The third-order valence-corrected chi connectivity index (χ3v) is 6.01. The Morgan fingerprint density at radius 1 is 1.15 bits per heavy atom. The average Bonchev–Trinajstić information content (AvgIpc) is 2.80. The molecule has 1 saturated carbocycles. The minimum Gasteiger partial charge on any atom is -0.388 e. The highest BCUT2D eigenvalue weighted by Gasteiger charge is 2.13. The van der Waals surface area contributed by atoms with Crippen LogP contribution in [0, 0.1) is 31.1 Å². The molecule has 4 nitrogen and oxygen atoms in total. The number of rotatable bonds is 7. The Morgan fingerprint density at radius 3 is 2.26 bits per heavy atom. The van der Waals surface area contributed by atoms with Crippen LogP contribution in [0.2, 0.25) is 0 Å². The molecule has 3 rings (SSSR count). The number of nitriles is 1. The Morgan fingerprint density at radius 2 is 1.79 bits per heavy atom. The Kier molecular flexibility index (Phi) is 13.7. The number of ketones is 1. The van der Waals surface area contributed by atoms with Crippen molar-refractivity contribution in [3.8, 4) is 6.07 Å². The number of aliphatic imine (C=N–C) groups is 1. The van der Waals surface area contributed by atoms with E-state index < -0.39 is 6.10 Å². The number of carbonyl (C=O) groups excluding carboxylic acids is 1. The molecule has 2 aromatic rings. The van der Waals surface area contributed by atoms with Crippen molar-refractivity contribution in [3.05, 3.63) is 64.7 Å². The van der Waals surface area contributed by atoms with Gasteiger partial charge in [0.05, 0.1) is 23.4 Å². The summed E-state index contributed by atoms with van der Waals surface area (Å²) in [7, 11) is 0. The first kappa shape index (κ1) is 29.3. The summed E-state index contributed by atoms with van der Waals surface area (Å²) in [5.74, 6) is 1.16. The Labute approximate surface area is 206 Å². The second kappa shape index (κ2) is 16.0. The number of carbonyl (C=O) groups is 1. The number of aryl methyl sites for hydroxylation is 2. The number of hydrogen-bond donors (Lipinski definition) is 1. The van der Waals surface area contributed by atoms with Crippen LogP contribution in [0.25, 0.3) is 0 Å². The van der Waals surface area contributed by atoms with E-state index in [0.717, 1.165) is 46.8 Å². The first-order valence-electron chi connectivity index (χ1n) is 12.5. The van der Waals surface area contributed by atoms with E-state index >= 15 is 0 Å². The highest BCUT2D eigenvalue weighted by Crippen LogP contribution is 2.24. The zero-order valence-corrected chi connectivity index (χ0v) is 21.9. The Balaban J connectivity index is 0.000000283. The topological polar surface area (TPSA) is 73.4 Å². The van der Waals surface area contributed by atoms with Gasteiger partial charge in [-0.2, -0.15) is 5.26 Å². The molecule has 0 bridgehead atoms. The van der Waals surface area contributed by atoms with Crippen molar-refractivity contribution in [2.24, 2.45) is 10.9 Å². The lowest BCUT2D eigenvalue weighted by molar-refractivity contribution is -0.120. The molecule has 184 valence electrons. The van der Waals surface area contributed by atoms with Gasteiger partial charge >= 0.3 is 0 Å². The molecule has 0 spiro atoms. The summed E-state index contributed by atoms with van der Waals surface area (Å²) < 4.78 is 0. The number of nitrogens with zero attached hydrogens (tertiary/aromatic N) is 2. The third kappa shape index (κ3) is 10.9. The summed E-state index contributed by atoms with van der Waals surface area (Å²) >= 11 is 0. The molecule has 2 aromatic carbocycles. The van der Waals surface area contributed by atoms with Crippen molar-refractivity contribution < 1.29 is 9.90 Å². The maximum Gasteiger partial charge on any atom is 0.135 e. The van der Waals surface area contributed by atoms with Crippen molar-refractivity contribution in [3.63, 3.8) is 0 Å². The lowest BCUT2D eigenvalue weighted by atomic mass is 9.88. The molecule has 1 aliphatic rings. The summed E-state index contributed by atoms with van der Waals surface area (Å²) in [6.07, 6.45) is 6.67. The van der Waals surface area contributed by atoms with E-state index in [1.807, 2.05) is 70.2 Å². The molecule has 1 N–H and O–H groups in total. The van der Waals surface area contributed by atoms with Gasteiger partial charge in [0.2, 0.25) is 0 Å². The van der Waals surface area contributed by atoms with Crippen LogP contribution in [0.4, 0.5) is 5.69 Å². The van der Waals surface area contributed by atoms with Crippen LogP contribution in [0.1, 0.15) is 101 Å². The normalized spacial score (nSPS) is 13.9. The highest BCUT2D eigenvalue weighted by atomic mass is 16.3. The van der Waals surface area contributed by atoms with Gasteiger partial charge < -0.3 is 5.11 Å². The summed E-state index contributed by atoms with van der Waals surface area (Å²) in [6, 6.07) is 15.3. The largest absolute Gasteiger partial charge is 0.388 e. The van der Waals surface area contributed by atoms with Crippen LogP contribution in [0.15, 0.2) is 47.5 Å². The van der Waals surface area contributed by atoms with Crippen molar-refractivity contribution in [2.45, 2.75) is 92.6 Å². The van der Waals surface area contributed by atoms with Crippen molar-refractivity contribution in [1.29, 1.82) is 5.26 Å². The van der Waals surface area contributed by atoms with E-state index in [4.69, 9.17) is 5.26 Å². The first-order chi connectivity index (χ1) is 16.2. The Hall–Kier alpha value is -2.77. The average molecular weight is 463 g/mol. The van der Waals surface area contributed by atoms with Crippen molar-refractivity contribution in [2.75, 3.05) is 0 Å². The maximum atomic E-state index is 11.1. The monoisotopic (exact) mass is 462 g/mol. The van der Waals surface area contributed by atoms with Gasteiger partial charge in [0.1, 0.15) is 5.78 Å². The molecule has 0 radical (unpaired) electrons. The van der Waals surface area contributed by atoms with E-state index in [1.54, 1.807) is 0 Å². The lowest BCUT2D eigenvalue weighted by Gasteiger charge is -2.18. The van der Waals surface area contributed by atoms with Gasteiger partial charge in [-0.15, -0.1) is 0 Å². The van der Waals surface area contributed by atoms with E-state index in [-0.39, 0.29) is 12.2 Å². The number of aliphatic hydroxyl groups is 1. The molecule has 1 aliphatic carbocycles. The summed E-state index contributed by atoms with van der Waals surface area (Å²) in [4.78, 5) is 15.7. The fraction of sp³-hybridized carbons (Fsp3) is 0.500. The van der Waals surface area contributed by atoms with Crippen LogP contribution in [-0.4, -0.2) is 16.6 Å². The Bertz CT molecular complexity index is 968. The van der Waals surface area contributed by atoms with E-state index in [0.29, 0.717) is 12.0 Å². The van der Waals surface area contributed by atoms with Gasteiger partial charge in [-0.25, -0.2) is 0 Å². The van der Waals surface area contributed by atoms with Crippen LogP contribution in [0.3, 0.4) is 0 Å². The molecule has 0 aromatic heterocycles. The van der Waals surface area contributed by atoms with Crippen molar-refractivity contribution in [1.82, 2.24) is 0 Å². The highest BCUT2D eigenvalue weighted by molar-refractivity contribution is 5.85. The fourth-order valence-corrected chi connectivity index (χ4v) is 3.52. The molecule has 4 heteroatoms. The van der Waals surface area contributed by atoms with Gasteiger partial charge in [-0.3, -0.25) is 9.79 Å². The third-order valence-electron chi connectivity index (χ3n) is 6.01. The molecule has 0 heterocycles. The zero-order chi connectivity index (χ0) is 25.5. The number of hydrogen-bond acceptors (Lipinski definition) is 4. The smallest absolute Gasteiger partial charge is 0.135 e. The quantitative estimate of drug-likeness (QED) is 0.424. The minimum absolute atomic E-state index is 0.0979. The second-order valence-corrected chi connectivity index (χ2v) is 9.21. The van der Waals surface area contributed by atoms with E-state index in [1.165, 1.54) is 19.3 Å². The van der Waals surface area contributed by atoms with Crippen LogP contribution >= 0.6 is 0 Å². The van der Waals surface area contributed by atoms with Gasteiger partial charge in [0, 0.05) is 18.6 Å². The predicted molar refractivity (Wildman–Crippen MR) is 143 cm³/mol. The minimum atomic E-state index is -0.649. The molecule has 1 unspecified atom stereocenters. The zero-order valence-electron chi connectivity index (χ0n) is 21.9. The molecular weight excluding hydrogens is 420 g/mol. The fourth-order valence-electron chi connectivity index (χ4n) is 3.52.